The molecular formula is C8H11NO2S. The molecule has 0 aromatic carbocycles. The molecule has 0 aliphatic carbocycles. The molecule has 0 radical (unpaired) electrons. The quantitative estimate of drug-likeness (QED) is 0.778. The van der Waals surface area contributed by atoms with Gasteiger partial charge in [-0.3, -0.25) is 4.79 Å². The summed E-state index contributed by atoms with van der Waals surface area (Å²) in [5, 5.41) is 8.38. The minimum Gasteiger partial charge on any atom is -0.481 e. The van der Waals surface area contributed by atoms with Crippen molar-refractivity contribution in [3.8, 4) is 0 Å². The molecule has 0 fully saturated rings. The molecular weight excluding hydrogens is 174 g/mol. The fourth-order valence-corrected chi connectivity index (χ4v) is 1.72. The molecule has 1 rings (SSSR count). The van der Waals surface area contributed by atoms with E-state index in [4.69, 9.17) is 5.11 Å². The Kier molecular flexibility index (Phi) is 3.22. The normalized spacial score (nSPS) is 10.1. The van der Waals surface area contributed by atoms with Crippen LogP contribution in [0.4, 0.5) is 0 Å². The number of nitrogens with zero attached hydrogens (tertiary/aromatic N) is 1. The minimum atomic E-state index is -0.726. The van der Waals surface area contributed by atoms with Crippen molar-refractivity contribution in [1.29, 1.82) is 0 Å². The SMILES string of the molecule is Cc1cc(CCCC(=O)O)sn1. The lowest BCUT2D eigenvalue weighted by atomic mass is 10.2. The van der Waals surface area contributed by atoms with Gasteiger partial charge in [0.05, 0.1) is 5.69 Å². The number of carbonyl (C=O) groups is 1. The smallest absolute Gasteiger partial charge is 0.303 e. The summed E-state index contributed by atoms with van der Waals surface area (Å²) in [5.74, 6) is -0.726. The van der Waals surface area contributed by atoms with Crippen LogP contribution in [0.1, 0.15) is 23.4 Å². The second-order valence-electron chi connectivity index (χ2n) is 2.68. The molecule has 0 aliphatic rings. The van der Waals surface area contributed by atoms with Crippen molar-refractivity contribution in [1.82, 2.24) is 4.37 Å². The van der Waals surface area contributed by atoms with Crippen LogP contribution in [0.2, 0.25) is 0 Å². The van der Waals surface area contributed by atoms with Gasteiger partial charge < -0.3 is 5.11 Å². The molecule has 0 unspecified atom stereocenters. The van der Waals surface area contributed by atoms with Gasteiger partial charge in [0.15, 0.2) is 0 Å². The zero-order chi connectivity index (χ0) is 8.97. The Hall–Kier alpha value is -0.900. The molecule has 0 spiro atoms. The van der Waals surface area contributed by atoms with Gasteiger partial charge in [-0.05, 0) is 37.4 Å². The Bertz CT molecular complexity index is 270. The molecule has 0 atom stereocenters. The molecule has 0 aliphatic heterocycles. The van der Waals surface area contributed by atoms with Crippen molar-refractivity contribution in [3.63, 3.8) is 0 Å². The molecule has 1 heterocycles. The van der Waals surface area contributed by atoms with E-state index in [-0.39, 0.29) is 6.42 Å². The van der Waals surface area contributed by atoms with E-state index < -0.39 is 5.97 Å². The second kappa shape index (κ2) is 4.21. The Balaban J connectivity index is 2.29. The van der Waals surface area contributed by atoms with Gasteiger partial charge in [-0.15, -0.1) is 0 Å². The number of aliphatic carboxylic acids is 1. The van der Waals surface area contributed by atoms with Crippen molar-refractivity contribution in [2.24, 2.45) is 0 Å². The monoisotopic (exact) mass is 185 g/mol. The summed E-state index contributed by atoms with van der Waals surface area (Å²) in [5.41, 5.74) is 1.02. The van der Waals surface area contributed by atoms with Crippen LogP contribution >= 0.6 is 11.5 Å². The number of carboxylic acids is 1. The molecule has 0 saturated heterocycles. The first kappa shape index (κ1) is 9.19. The molecule has 66 valence electrons. The molecule has 1 N–H and O–H groups in total. The van der Waals surface area contributed by atoms with E-state index in [0.717, 1.165) is 12.1 Å². The molecule has 0 saturated carbocycles. The van der Waals surface area contributed by atoms with Gasteiger partial charge in [0.2, 0.25) is 0 Å². The zero-order valence-corrected chi connectivity index (χ0v) is 7.73. The minimum absolute atomic E-state index is 0.247. The van der Waals surface area contributed by atoms with Gasteiger partial charge in [0.1, 0.15) is 0 Å². The summed E-state index contributed by atoms with van der Waals surface area (Å²) < 4.78 is 4.11. The number of aromatic nitrogens is 1. The number of hydrogen-bond donors (Lipinski definition) is 1. The van der Waals surface area contributed by atoms with Gasteiger partial charge in [0.25, 0.3) is 0 Å². The highest BCUT2D eigenvalue weighted by Gasteiger charge is 2.00. The van der Waals surface area contributed by atoms with E-state index in [1.807, 2.05) is 13.0 Å². The summed E-state index contributed by atoms with van der Waals surface area (Å²) >= 11 is 1.46. The Morgan fingerprint density at radius 3 is 3.00 bits per heavy atom. The summed E-state index contributed by atoms with van der Waals surface area (Å²) in [6.07, 6.45) is 1.78. The van der Waals surface area contributed by atoms with Crippen LogP contribution < -0.4 is 0 Å². The lowest BCUT2D eigenvalue weighted by Gasteiger charge is -1.91. The highest BCUT2D eigenvalue weighted by molar-refractivity contribution is 7.05. The Labute approximate surface area is 75.2 Å². The fourth-order valence-electron chi connectivity index (χ4n) is 0.948. The topological polar surface area (TPSA) is 50.2 Å². The number of aryl methyl sites for hydroxylation is 2. The van der Waals surface area contributed by atoms with Crippen molar-refractivity contribution in [2.45, 2.75) is 26.2 Å². The number of carboxylic acid groups (broad SMARTS) is 1. The highest BCUT2D eigenvalue weighted by Crippen LogP contribution is 2.12. The largest absolute Gasteiger partial charge is 0.481 e. The lowest BCUT2D eigenvalue weighted by Crippen LogP contribution is -1.94. The third kappa shape index (κ3) is 3.00. The van der Waals surface area contributed by atoms with Crippen LogP contribution in [0.15, 0.2) is 6.07 Å². The highest BCUT2D eigenvalue weighted by atomic mass is 32.1. The molecule has 4 heteroatoms. The summed E-state index contributed by atoms with van der Waals surface area (Å²) in [7, 11) is 0. The maximum absolute atomic E-state index is 10.2. The Morgan fingerprint density at radius 2 is 2.50 bits per heavy atom. The van der Waals surface area contributed by atoms with Crippen LogP contribution in [-0.4, -0.2) is 15.4 Å². The lowest BCUT2D eigenvalue weighted by molar-refractivity contribution is -0.137. The van der Waals surface area contributed by atoms with Crippen LogP contribution in [0, 0.1) is 6.92 Å². The van der Waals surface area contributed by atoms with Crippen molar-refractivity contribution >= 4 is 17.5 Å². The first-order chi connectivity index (χ1) is 5.68. The van der Waals surface area contributed by atoms with E-state index in [9.17, 15) is 4.79 Å². The third-order valence-corrected chi connectivity index (χ3v) is 2.43. The summed E-state index contributed by atoms with van der Waals surface area (Å²) in [4.78, 5) is 11.4. The molecule has 3 nitrogen and oxygen atoms in total. The van der Waals surface area contributed by atoms with Crippen LogP contribution in [0.5, 0.6) is 0 Å². The van der Waals surface area contributed by atoms with E-state index in [0.29, 0.717) is 6.42 Å². The van der Waals surface area contributed by atoms with Gasteiger partial charge in [0, 0.05) is 11.3 Å². The predicted molar refractivity (Wildman–Crippen MR) is 47.4 cm³/mol. The van der Waals surface area contributed by atoms with Crippen LogP contribution in [-0.2, 0) is 11.2 Å². The Morgan fingerprint density at radius 1 is 1.75 bits per heavy atom. The first-order valence-electron chi connectivity index (χ1n) is 3.82. The zero-order valence-electron chi connectivity index (χ0n) is 6.91. The van der Waals surface area contributed by atoms with Crippen molar-refractivity contribution in [3.05, 3.63) is 16.6 Å². The molecule has 0 bridgehead atoms. The number of rotatable bonds is 4. The molecule has 12 heavy (non-hydrogen) atoms. The number of hydrogen-bond acceptors (Lipinski definition) is 3. The average molecular weight is 185 g/mol. The van der Waals surface area contributed by atoms with Crippen LogP contribution in [0.25, 0.3) is 0 Å². The van der Waals surface area contributed by atoms with Gasteiger partial charge >= 0.3 is 5.97 Å². The van der Waals surface area contributed by atoms with Crippen molar-refractivity contribution in [2.75, 3.05) is 0 Å². The standard InChI is InChI=1S/C8H11NO2S/c1-6-5-7(12-9-6)3-2-4-8(10)11/h5H,2-4H2,1H3,(H,10,11). The summed E-state index contributed by atoms with van der Waals surface area (Å²) in [6.45, 7) is 1.94. The summed E-state index contributed by atoms with van der Waals surface area (Å²) in [6, 6.07) is 2.01. The van der Waals surface area contributed by atoms with Crippen molar-refractivity contribution < 1.29 is 9.90 Å². The van der Waals surface area contributed by atoms with Gasteiger partial charge in [-0.2, -0.15) is 4.37 Å². The van der Waals surface area contributed by atoms with Gasteiger partial charge in [-0.25, -0.2) is 0 Å². The van der Waals surface area contributed by atoms with E-state index in [1.165, 1.54) is 16.4 Å². The third-order valence-electron chi connectivity index (χ3n) is 1.49. The maximum Gasteiger partial charge on any atom is 0.303 e. The first-order valence-corrected chi connectivity index (χ1v) is 4.60. The van der Waals surface area contributed by atoms with Crippen LogP contribution in [0.3, 0.4) is 0 Å². The fraction of sp³-hybridized carbons (Fsp3) is 0.500. The molecule has 1 aromatic heterocycles. The van der Waals surface area contributed by atoms with Gasteiger partial charge in [-0.1, -0.05) is 0 Å². The van der Waals surface area contributed by atoms with E-state index in [2.05, 4.69) is 4.37 Å². The molecule has 1 aromatic rings. The molecule has 0 amide bonds. The second-order valence-corrected chi connectivity index (χ2v) is 3.57. The predicted octanol–water partition coefficient (Wildman–Crippen LogP) is 1.86. The van der Waals surface area contributed by atoms with E-state index >= 15 is 0 Å². The average Bonchev–Trinajstić information content (AvgIpc) is 2.35. The maximum atomic E-state index is 10.2. The van der Waals surface area contributed by atoms with E-state index in [1.54, 1.807) is 0 Å².